The van der Waals surface area contributed by atoms with Crippen LogP contribution in [0.1, 0.15) is 16.5 Å². The molecule has 1 aromatic carbocycles. The lowest BCUT2D eigenvalue weighted by molar-refractivity contribution is 0.608. The van der Waals surface area contributed by atoms with E-state index in [9.17, 15) is 4.39 Å². The number of halogens is 1. The molecule has 1 unspecified atom stereocenters. The van der Waals surface area contributed by atoms with E-state index in [0.29, 0.717) is 5.56 Å². The van der Waals surface area contributed by atoms with Gasteiger partial charge in [-0.25, -0.2) is 9.82 Å². The lowest BCUT2D eigenvalue weighted by Gasteiger charge is -2.06. The molecule has 1 aliphatic heterocycles. The van der Waals surface area contributed by atoms with Gasteiger partial charge in [0.05, 0.1) is 11.7 Å². The maximum atomic E-state index is 13.6. The van der Waals surface area contributed by atoms with Crippen molar-refractivity contribution in [3.05, 3.63) is 64.1 Å². The first kappa shape index (κ1) is 10.5. The Morgan fingerprint density at radius 2 is 2.00 bits per heavy atom. The average Bonchev–Trinajstić information content (AvgIpc) is 3.00. The summed E-state index contributed by atoms with van der Waals surface area (Å²) in [6.07, 6.45) is 2.00. The summed E-state index contributed by atoms with van der Waals surface area (Å²) in [4.78, 5) is 1.21. The van der Waals surface area contributed by atoms with Gasteiger partial charge < -0.3 is 5.43 Å². The Bertz CT molecular complexity index is 548. The highest BCUT2D eigenvalue weighted by Gasteiger charge is 2.19. The minimum absolute atomic E-state index is 0.115. The summed E-state index contributed by atoms with van der Waals surface area (Å²) in [6.45, 7) is 0. The monoisotopic (exact) mass is 246 g/mol. The van der Waals surface area contributed by atoms with E-state index in [4.69, 9.17) is 0 Å². The molecule has 1 aromatic heterocycles. The first-order chi connectivity index (χ1) is 8.34. The van der Waals surface area contributed by atoms with E-state index in [1.165, 1.54) is 10.9 Å². The van der Waals surface area contributed by atoms with Crippen LogP contribution >= 0.6 is 11.3 Å². The maximum absolute atomic E-state index is 13.6. The van der Waals surface area contributed by atoms with Gasteiger partial charge in [-0.3, -0.25) is 0 Å². The fourth-order valence-electron chi connectivity index (χ4n) is 1.86. The van der Waals surface area contributed by atoms with Gasteiger partial charge in [0, 0.05) is 10.4 Å². The van der Waals surface area contributed by atoms with Crippen molar-refractivity contribution >= 4 is 17.0 Å². The van der Waals surface area contributed by atoms with Crippen LogP contribution in [0.15, 0.2) is 47.9 Å². The van der Waals surface area contributed by atoms with Crippen LogP contribution in [0.2, 0.25) is 0 Å². The van der Waals surface area contributed by atoms with E-state index < -0.39 is 0 Å². The quantitative estimate of drug-likeness (QED) is 0.851. The lowest BCUT2D eigenvalue weighted by atomic mass is 10.1. The normalized spacial score (nSPS) is 18.9. The van der Waals surface area contributed by atoms with E-state index >= 15 is 0 Å². The topological polar surface area (TPSA) is 24.1 Å². The third kappa shape index (κ3) is 1.97. The van der Waals surface area contributed by atoms with Gasteiger partial charge in [-0.1, -0.05) is 18.2 Å². The molecule has 0 aliphatic carbocycles. The van der Waals surface area contributed by atoms with E-state index in [0.717, 1.165) is 5.70 Å². The minimum atomic E-state index is -0.208. The minimum Gasteiger partial charge on any atom is -0.320 e. The van der Waals surface area contributed by atoms with E-state index in [1.54, 1.807) is 23.5 Å². The molecule has 1 aliphatic rings. The zero-order valence-electron chi connectivity index (χ0n) is 8.98. The summed E-state index contributed by atoms with van der Waals surface area (Å²) in [5, 5.41) is 2.03. The van der Waals surface area contributed by atoms with Crippen LogP contribution in [-0.4, -0.2) is 0 Å². The molecule has 1 atom stereocenters. The molecule has 0 radical (unpaired) electrons. The van der Waals surface area contributed by atoms with Crippen LogP contribution in [0.3, 0.4) is 0 Å². The standard InChI is InChI=1S/C13H11FN2S/c14-10-5-2-1-4-9(10)11-8-12(16-15-11)13-6-3-7-17-13/h1-8,12,15-16H. The summed E-state index contributed by atoms with van der Waals surface area (Å²) in [5.41, 5.74) is 7.56. The Balaban J connectivity index is 1.92. The lowest BCUT2D eigenvalue weighted by Crippen LogP contribution is -2.26. The van der Waals surface area contributed by atoms with Crippen molar-refractivity contribution in [2.45, 2.75) is 6.04 Å². The molecule has 2 heterocycles. The van der Waals surface area contributed by atoms with Crippen molar-refractivity contribution in [3.63, 3.8) is 0 Å². The smallest absolute Gasteiger partial charge is 0.132 e. The van der Waals surface area contributed by atoms with Crippen molar-refractivity contribution in [2.24, 2.45) is 0 Å². The first-order valence-corrected chi connectivity index (χ1v) is 6.24. The summed E-state index contributed by atoms with van der Waals surface area (Å²) >= 11 is 1.68. The number of benzene rings is 1. The molecular formula is C13H11FN2S. The highest BCUT2D eigenvalue weighted by Crippen LogP contribution is 2.27. The summed E-state index contributed by atoms with van der Waals surface area (Å²) < 4.78 is 13.6. The molecule has 17 heavy (non-hydrogen) atoms. The Morgan fingerprint density at radius 3 is 2.76 bits per heavy atom. The second-order valence-corrected chi connectivity index (χ2v) is 4.80. The highest BCUT2D eigenvalue weighted by atomic mass is 32.1. The Kier molecular flexibility index (Phi) is 2.66. The number of rotatable bonds is 2. The van der Waals surface area contributed by atoms with Gasteiger partial charge in [-0.05, 0) is 29.7 Å². The molecule has 0 spiro atoms. The molecule has 2 nitrogen and oxygen atoms in total. The van der Waals surface area contributed by atoms with Gasteiger partial charge in [0.2, 0.25) is 0 Å². The third-order valence-electron chi connectivity index (χ3n) is 2.71. The van der Waals surface area contributed by atoms with Gasteiger partial charge in [0.25, 0.3) is 0 Å². The molecule has 0 amide bonds. The zero-order valence-corrected chi connectivity index (χ0v) is 9.80. The highest BCUT2D eigenvalue weighted by molar-refractivity contribution is 7.10. The molecule has 4 heteroatoms. The first-order valence-electron chi connectivity index (χ1n) is 5.36. The van der Waals surface area contributed by atoms with Crippen LogP contribution < -0.4 is 10.9 Å². The summed E-state index contributed by atoms with van der Waals surface area (Å²) in [7, 11) is 0. The average molecular weight is 246 g/mol. The van der Waals surface area contributed by atoms with Gasteiger partial charge in [0.15, 0.2) is 0 Å². The van der Waals surface area contributed by atoms with Crippen LogP contribution in [0.25, 0.3) is 5.70 Å². The molecule has 2 N–H and O–H groups in total. The van der Waals surface area contributed by atoms with E-state index in [-0.39, 0.29) is 11.9 Å². The number of thiophene rings is 1. The zero-order chi connectivity index (χ0) is 11.7. The SMILES string of the molecule is Fc1ccccc1C1=CC(c2cccs2)NN1. The Labute approximate surface area is 103 Å². The number of hydrogen-bond donors (Lipinski definition) is 2. The molecule has 0 fully saturated rings. The molecular weight excluding hydrogens is 235 g/mol. The number of hydrazine groups is 1. The van der Waals surface area contributed by atoms with Crippen molar-refractivity contribution in [1.82, 2.24) is 10.9 Å². The maximum Gasteiger partial charge on any atom is 0.132 e. The Hall–Kier alpha value is -1.65. The largest absolute Gasteiger partial charge is 0.320 e. The molecule has 2 aromatic rings. The van der Waals surface area contributed by atoms with Crippen molar-refractivity contribution in [1.29, 1.82) is 0 Å². The fraction of sp³-hybridized carbons (Fsp3) is 0.0769. The fourth-order valence-corrected chi connectivity index (χ4v) is 2.61. The second kappa shape index (κ2) is 4.31. The van der Waals surface area contributed by atoms with Crippen molar-refractivity contribution in [2.75, 3.05) is 0 Å². The van der Waals surface area contributed by atoms with E-state index in [1.807, 2.05) is 23.6 Å². The number of hydrogen-bond acceptors (Lipinski definition) is 3. The predicted octanol–water partition coefficient (Wildman–Crippen LogP) is 3.08. The molecule has 86 valence electrons. The van der Waals surface area contributed by atoms with Gasteiger partial charge >= 0.3 is 0 Å². The third-order valence-corrected chi connectivity index (χ3v) is 3.66. The number of nitrogens with one attached hydrogen (secondary N) is 2. The van der Waals surface area contributed by atoms with Crippen LogP contribution in [0, 0.1) is 5.82 Å². The van der Waals surface area contributed by atoms with Crippen LogP contribution in [0.4, 0.5) is 4.39 Å². The molecule has 0 bridgehead atoms. The molecule has 3 rings (SSSR count). The van der Waals surface area contributed by atoms with Crippen molar-refractivity contribution < 1.29 is 4.39 Å². The molecule has 0 saturated carbocycles. The van der Waals surface area contributed by atoms with Crippen LogP contribution in [0.5, 0.6) is 0 Å². The summed E-state index contributed by atoms with van der Waals surface area (Å²) in [5.74, 6) is -0.208. The van der Waals surface area contributed by atoms with Gasteiger partial charge in [-0.2, -0.15) is 0 Å². The van der Waals surface area contributed by atoms with Crippen molar-refractivity contribution in [3.8, 4) is 0 Å². The Morgan fingerprint density at radius 1 is 1.12 bits per heavy atom. The predicted molar refractivity (Wildman–Crippen MR) is 67.7 cm³/mol. The second-order valence-electron chi connectivity index (χ2n) is 3.82. The van der Waals surface area contributed by atoms with Gasteiger partial charge in [0.1, 0.15) is 5.82 Å². The summed E-state index contributed by atoms with van der Waals surface area (Å²) in [6, 6.07) is 11.0. The van der Waals surface area contributed by atoms with E-state index in [2.05, 4.69) is 16.9 Å². The van der Waals surface area contributed by atoms with Crippen LogP contribution in [-0.2, 0) is 0 Å². The molecule has 0 saturated heterocycles. The van der Waals surface area contributed by atoms with Gasteiger partial charge in [-0.15, -0.1) is 11.3 Å².